The first-order chi connectivity index (χ1) is 18.6. The highest BCUT2D eigenvalue weighted by Crippen LogP contribution is 2.41. The van der Waals surface area contributed by atoms with Gasteiger partial charge in [0.2, 0.25) is 0 Å². The summed E-state index contributed by atoms with van der Waals surface area (Å²) in [6.45, 7) is 10.7. The van der Waals surface area contributed by atoms with E-state index in [0.29, 0.717) is 0 Å². The number of thiophene rings is 1. The van der Waals surface area contributed by atoms with E-state index in [-0.39, 0.29) is 5.41 Å². The van der Waals surface area contributed by atoms with Crippen LogP contribution in [0.5, 0.6) is 0 Å². The summed E-state index contributed by atoms with van der Waals surface area (Å²) in [7, 11) is 0. The molecular formula is C36H33NS. The molecule has 6 aromatic rings. The van der Waals surface area contributed by atoms with E-state index in [2.05, 4.69) is 119 Å². The van der Waals surface area contributed by atoms with Crippen LogP contribution in [0, 0.1) is 6.92 Å². The Labute approximate surface area is 231 Å². The van der Waals surface area contributed by atoms with Gasteiger partial charge in [0.15, 0.2) is 0 Å². The molecule has 0 N–H and O–H groups in total. The molecule has 1 atom stereocenters. The molecule has 0 spiro atoms. The average molecular weight is 513 g/mol. The quantitative estimate of drug-likeness (QED) is 0.229. The summed E-state index contributed by atoms with van der Waals surface area (Å²) < 4.78 is 11.8. The summed E-state index contributed by atoms with van der Waals surface area (Å²) in [5.41, 5.74) is 9.06. The normalized spacial score (nSPS) is 14.0. The van der Waals surface area contributed by atoms with Gasteiger partial charge in [-0.05, 0) is 58.4 Å². The lowest BCUT2D eigenvalue weighted by Gasteiger charge is -2.20. The Balaban J connectivity index is 1.41. The monoisotopic (exact) mass is 512 g/mol. The van der Waals surface area contributed by atoms with Crippen molar-refractivity contribution in [3.8, 4) is 22.4 Å². The number of benzene rings is 4. The lowest BCUT2D eigenvalue weighted by Crippen LogP contribution is -2.11. The molecule has 4 aromatic carbocycles. The van der Waals surface area contributed by atoms with Crippen LogP contribution < -0.4 is 0 Å². The van der Waals surface area contributed by atoms with Crippen molar-refractivity contribution >= 4 is 31.5 Å². The molecule has 2 heteroatoms. The minimum atomic E-state index is -0.884. The van der Waals surface area contributed by atoms with Crippen molar-refractivity contribution in [2.45, 2.75) is 45.9 Å². The minimum absolute atomic E-state index is 0.0879. The van der Waals surface area contributed by atoms with E-state index >= 15 is 0 Å². The van der Waals surface area contributed by atoms with Crippen molar-refractivity contribution in [2.75, 3.05) is 0 Å². The molecule has 0 amide bonds. The number of pyridine rings is 1. The molecule has 2 aromatic heterocycles. The lowest BCUT2D eigenvalue weighted by molar-refractivity contribution is 0.590. The number of aryl methyl sites for hydroxylation is 1. The molecule has 0 aliphatic rings. The number of nitrogens with zero attached hydrogens (tertiary/aromatic N) is 1. The SMILES string of the molecule is [2H]C(C)(c1ccc(C(C)(C)C)cc1)c1ccnc(-c2cccc3c2sc2cc(-c4ccc(C)cc4)ccc23)c1. The number of hydrogen-bond acceptors (Lipinski definition) is 2. The van der Waals surface area contributed by atoms with Crippen molar-refractivity contribution in [3.05, 3.63) is 126 Å². The van der Waals surface area contributed by atoms with Gasteiger partial charge in [-0.15, -0.1) is 11.3 Å². The second-order valence-electron chi connectivity index (χ2n) is 11.2. The van der Waals surface area contributed by atoms with Crippen molar-refractivity contribution in [2.24, 2.45) is 0 Å². The van der Waals surface area contributed by atoms with Gasteiger partial charge in [-0.1, -0.05) is 112 Å². The summed E-state index contributed by atoms with van der Waals surface area (Å²) in [6, 6.07) is 34.6. The molecule has 2 heterocycles. The van der Waals surface area contributed by atoms with Crippen LogP contribution in [-0.2, 0) is 5.41 Å². The van der Waals surface area contributed by atoms with Gasteiger partial charge < -0.3 is 0 Å². The molecule has 1 nitrogen and oxygen atoms in total. The van der Waals surface area contributed by atoms with Gasteiger partial charge in [0, 0.05) is 39.2 Å². The predicted octanol–water partition coefficient (Wildman–Crippen LogP) is 10.5. The highest BCUT2D eigenvalue weighted by Gasteiger charge is 2.17. The van der Waals surface area contributed by atoms with E-state index < -0.39 is 5.89 Å². The van der Waals surface area contributed by atoms with Crippen LogP contribution in [0.2, 0.25) is 0 Å². The van der Waals surface area contributed by atoms with Crippen LogP contribution in [0.25, 0.3) is 42.6 Å². The van der Waals surface area contributed by atoms with Gasteiger partial charge >= 0.3 is 0 Å². The largest absolute Gasteiger partial charge is 0.256 e. The Kier molecular flexibility index (Phi) is 5.86. The van der Waals surface area contributed by atoms with Crippen molar-refractivity contribution < 1.29 is 1.37 Å². The Hall–Kier alpha value is -3.75. The minimum Gasteiger partial charge on any atom is -0.256 e. The second-order valence-corrected chi connectivity index (χ2v) is 12.3. The first kappa shape index (κ1) is 23.4. The molecule has 0 saturated heterocycles. The third kappa shape index (κ3) is 4.54. The van der Waals surface area contributed by atoms with E-state index in [4.69, 9.17) is 4.98 Å². The highest BCUT2D eigenvalue weighted by atomic mass is 32.1. The van der Waals surface area contributed by atoms with Crippen molar-refractivity contribution in [1.29, 1.82) is 0 Å². The summed E-state index contributed by atoms with van der Waals surface area (Å²) in [5.74, 6) is -0.884. The van der Waals surface area contributed by atoms with Gasteiger partial charge in [-0.3, -0.25) is 4.98 Å². The summed E-state index contributed by atoms with van der Waals surface area (Å²) >= 11 is 1.82. The molecule has 188 valence electrons. The van der Waals surface area contributed by atoms with Gasteiger partial charge in [0.05, 0.1) is 5.69 Å². The van der Waals surface area contributed by atoms with Crippen molar-refractivity contribution in [1.82, 2.24) is 4.98 Å². The molecule has 1 unspecified atom stereocenters. The predicted molar refractivity (Wildman–Crippen MR) is 165 cm³/mol. The number of fused-ring (bicyclic) bond motifs is 3. The van der Waals surface area contributed by atoms with Crippen LogP contribution in [-0.4, -0.2) is 4.98 Å². The standard InChI is InChI=1S/C36H33NS/c1-23-9-11-26(12-10-23)28-15-18-30-31-7-6-8-32(35(31)38-34(30)22-28)33-21-27(19-20-37-33)24(2)25-13-16-29(17-14-25)36(3,4)5/h6-22,24H,1-5H3/i24D. The maximum atomic E-state index is 9.34. The first-order valence-corrected chi connectivity index (χ1v) is 14.0. The maximum absolute atomic E-state index is 9.34. The molecular weight excluding hydrogens is 478 g/mol. The van der Waals surface area contributed by atoms with Crippen LogP contribution >= 0.6 is 11.3 Å². The summed E-state index contributed by atoms with van der Waals surface area (Å²) in [6.07, 6.45) is 1.85. The molecule has 0 saturated carbocycles. The molecule has 38 heavy (non-hydrogen) atoms. The van der Waals surface area contributed by atoms with Crippen LogP contribution in [0.15, 0.2) is 103 Å². The van der Waals surface area contributed by atoms with E-state index in [1.54, 1.807) is 0 Å². The Bertz CT molecular complexity index is 1800. The smallest absolute Gasteiger partial charge is 0.0719 e. The third-order valence-electron chi connectivity index (χ3n) is 7.54. The van der Waals surface area contributed by atoms with Crippen LogP contribution in [0.3, 0.4) is 0 Å². The number of hydrogen-bond donors (Lipinski definition) is 0. The zero-order chi connectivity index (χ0) is 27.4. The third-order valence-corrected chi connectivity index (χ3v) is 8.74. The van der Waals surface area contributed by atoms with E-state index in [1.165, 1.54) is 42.4 Å². The fraction of sp³-hybridized carbons (Fsp3) is 0.194. The average Bonchev–Trinajstić information content (AvgIpc) is 3.31. The van der Waals surface area contributed by atoms with Gasteiger partial charge in [-0.2, -0.15) is 0 Å². The molecule has 0 fully saturated rings. The van der Waals surface area contributed by atoms with E-state index in [9.17, 15) is 1.37 Å². The Morgan fingerprint density at radius 2 is 1.50 bits per heavy atom. The molecule has 0 bridgehead atoms. The van der Waals surface area contributed by atoms with Crippen LogP contribution in [0.4, 0.5) is 0 Å². The lowest BCUT2D eigenvalue weighted by atomic mass is 9.85. The number of aromatic nitrogens is 1. The first-order valence-electron chi connectivity index (χ1n) is 13.7. The van der Waals surface area contributed by atoms with Gasteiger partial charge in [0.1, 0.15) is 0 Å². The maximum Gasteiger partial charge on any atom is 0.0719 e. The summed E-state index contributed by atoms with van der Waals surface area (Å²) in [4.78, 5) is 4.78. The second kappa shape index (κ2) is 9.53. The molecule has 0 aliphatic carbocycles. The topological polar surface area (TPSA) is 12.9 Å². The van der Waals surface area contributed by atoms with Crippen LogP contribution in [0.1, 0.15) is 57.2 Å². The van der Waals surface area contributed by atoms with Gasteiger partial charge in [0.25, 0.3) is 0 Å². The Morgan fingerprint density at radius 1 is 0.763 bits per heavy atom. The molecule has 0 radical (unpaired) electrons. The molecule has 0 aliphatic heterocycles. The fourth-order valence-electron chi connectivity index (χ4n) is 5.12. The number of rotatable bonds is 4. The summed E-state index contributed by atoms with van der Waals surface area (Å²) in [5, 5.41) is 2.52. The van der Waals surface area contributed by atoms with Crippen molar-refractivity contribution in [3.63, 3.8) is 0 Å². The fourth-order valence-corrected chi connectivity index (χ4v) is 6.39. The Morgan fingerprint density at radius 3 is 2.24 bits per heavy atom. The van der Waals surface area contributed by atoms with E-state index in [0.717, 1.165) is 22.4 Å². The van der Waals surface area contributed by atoms with Gasteiger partial charge in [-0.25, -0.2) is 0 Å². The zero-order valence-electron chi connectivity index (χ0n) is 23.7. The highest BCUT2D eigenvalue weighted by molar-refractivity contribution is 7.26. The van der Waals surface area contributed by atoms with E-state index in [1.807, 2.05) is 30.5 Å². The molecule has 6 rings (SSSR count). The zero-order valence-corrected chi connectivity index (χ0v) is 23.5.